The van der Waals surface area contributed by atoms with Gasteiger partial charge >= 0.3 is 11.9 Å². The van der Waals surface area contributed by atoms with E-state index >= 15 is 0 Å². The molecule has 8 heteroatoms. The number of phenols is 1. The van der Waals surface area contributed by atoms with Gasteiger partial charge in [-0.25, -0.2) is 4.98 Å². The Morgan fingerprint density at radius 1 is 0.951 bits per heavy atom. The normalized spacial score (nSPS) is 17.9. The number of esters is 2. The van der Waals surface area contributed by atoms with Crippen LogP contribution in [0.2, 0.25) is 0 Å². The Hall–Kier alpha value is -3.29. The van der Waals surface area contributed by atoms with Gasteiger partial charge < -0.3 is 25.1 Å². The summed E-state index contributed by atoms with van der Waals surface area (Å²) in [6.07, 6.45) is 14.7. The van der Waals surface area contributed by atoms with Crippen molar-refractivity contribution < 1.29 is 28.9 Å². The quantitative estimate of drug-likeness (QED) is 0.266. The maximum absolute atomic E-state index is 12.1. The summed E-state index contributed by atoms with van der Waals surface area (Å²) in [5.41, 5.74) is 8.61. The fraction of sp³-hybridized carbons (Fsp3) is 0.606. The number of rotatable bonds is 12. The lowest BCUT2D eigenvalue weighted by Crippen LogP contribution is -2.29. The van der Waals surface area contributed by atoms with Crippen molar-refractivity contribution in [2.75, 3.05) is 5.73 Å². The van der Waals surface area contributed by atoms with E-state index in [1.807, 2.05) is 12.1 Å². The van der Waals surface area contributed by atoms with Crippen LogP contribution in [0.5, 0.6) is 11.5 Å². The van der Waals surface area contributed by atoms with Crippen LogP contribution in [0, 0.1) is 5.92 Å². The van der Waals surface area contributed by atoms with Crippen molar-refractivity contribution in [1.82, 2.24) is 4.98 Å². The topological polar surface area (TPSA) is 121 Å². The standard InChI is InChI=1S/C33H46N2O6/c1-22(36)39-28(20-29(40-23(2)37)17-24-9-5-3-6-10-24)14-13-25-18-32(41-27-11-7-4-8-12-27)31(38)21-30(25)26-15-16-35-33(34)19-26/h15-16,18-19,21,24,27-29,38H,3-14,17,20H2,1-2H3,(H2,34,35). The summed E-state index contributed by atoms with van der Waals surface area (Å²) in [7, 11) is 0. The second kappa shape index (κ2) is 15.1. The first-order chi connectivity index (χ1) is 19.8. The number of carbonyl (C=O) groups excluding carboxylic acids is 2. The predicted molar refractivity (Wildman–Crippen MR) is 158 cm³/mol. The predicted octanol–water partition coefficient (Wildman–Crippen LogP) is 6.90. The monoisotopic (exact) mass is 566 g/mol. The van der Waals surface area contributed by atoms with E-state index in [-0.39, 0.29) is 29.9 Å². The van der Waals surface area contributed by atoms with Crippen LogP contribution in [0.1, 0.15) is 103 Å². The molecule has 1 aromatic carbocycles. The van der Waals surface area contributed by atoms with Gasteiger partial charge in [0.25, 0.3) is 0 Å². The van der Waals surface area contributed by atoms with Crippen LogP contribution >= 0.6 is 0 Å². The van der Waals surface area contributed by atoms with Crippen LogP contribution in [0.3, 0.4) is 0 Å². The van der Waals surface area contributed by atoms with Crippen molar-refractivity contribution >= 4 is 17.8 Å². The molecule has 3 N–H and O–H groups in total. The van der Waals surface area contributed by atoms with Crippen LogP contribution in [0.4, 0.5) is 5.82 Å². The zero-order chi connectivity index (χ0) is 29.2. The highest BCUT2D eigenvalue weighted by atomic mass is 16.6. The molecule has 1 heterocycles. The number of aromatic nitrogens is 1. The molecule has 2 saturated carbocycles. The van der Waals surface area contributed by atoms with E-state index in [1.165, 1.54) is 39.5 Å². The van der Waals surface area contributed by atoms with Crippen molar-refractivity contribution in [3.05, 3.63) is 36.0 Å². The molecule has 2 aliphatic carbocycles. The summed E-state index contributed by atoms with van der Waals surface area (Å²) in [5.74, 6) is 0.795. The highest BCUT2D eigenvalue weighted by molar-refractivity contribution is 5.72. The fourth-order valence-electron chi connectivity index (χ4n) is 6.45. The van der Waals surface area contributed by atoms with E-state index in [0.29, 0.717) is 36.7 Å². The summed E-state index contributed by atoms with van der Waals surface area (Å²) in [6, 6.07) is 7.28. The molecule has 1 aromatic heterocycles. The number of phenolic OH excluding ortho intramolecular Hbond substituents is 1. The Morgan fingerprint density at radius 3 is 2.27 bits per heavy atom. The van der Waals surface area contributed by atoms with Gasteiger partial charge in [-0.15, -0.1) is 0 Å². The summed E-state index contributed by atoms with van der Waals surface area (Å²) in [6.45, 7) is 2.85. The molecular formula is C33H46N2O6. The first kappa shape index (κ1) is 30.7. The average molecular weight is 567 g/mol. The number of hydrogen-bond acceptors (Lipinski definition) is 8. The lowest BCUT2D eigenvalue weighted by molar-refractivity contribution is -0.153. The Labute approximate surface area is 244 Å². The fourth-order valence-corrected chi connectivity index (χ4v) is 6.45. The number of carbonyl (C=O) groups is 2. The van der Waals surface area contributed by atoms with Gasteiger partial charge in [0.05, 0.1) is 6.10 Å². The van der Waals surface area contributed by atoms with Crippen molar-refractivity contribution in [3.8, 4) is 22.6 Å². The molecule has 0 aliphatic heterocycles. The van der Waals surface area contributed by atoms with Crippen molar-refractivity contribution in [2.24, 2.45) is 5.92 Å². The number of pyridine rings is 1. The summed E-state index contributed by atoms with van der Waals surface area (Å²) in [5, 5.41) is 10.9. The highest BCUT2D eigenvalue weighted by Crippen LogP contribution is 2.38. The van der Waals surface area contributed by atoms with Crippen molar-refractivity contribution in [3.63, 3.8) is 0 Å². The molecule has 2 fully saturated rings. The Balaban J connectivity index is 1.56. The number of nitrogen functional groups attached to an aromatic ring is 1. The molecule has 0 spiro atoms. The van der Waals surface area contributed by atoms with E-state index < -0.39 is 6.10 Å². The highest BCUT2D eigenvalue weighted by Gasteiger charge is 2.26. The Bertz CT molecular complexity index is 1160. The molecule has 224 valence electrons. The van der Waals surface area contributed by atoms with Crippen LogP contribution in [-0.4, -0.2) is 40.3 Å². The third-order valence-electron chi connectivity index (χ3n) is 8.37. The molecule has 2 aromatic rings. The molecule has 0 bridgehead atoms. The van der Waals surface area contributed by atoms with Gasteiger partial charge in [0.1, 0.15) is 18.0 Å². The van der Waals surface area contributed by atoms with Gasteiger partial charge in [0.15, 0.2) is 11.5 Å². The van der Waals surface area contributed by atoms with Crippen LogP contribution in [0.15, 0.2) is 30.5 Å². The second-order valence-corrected chi connectivity index (χ2v) is 11.8. The van der Waals surface area contributed by atoms with Gasteiger partial charge in [-0.3, -0.25) is 9.59 Å². The molecule has 2 aliphatic rings. The number of aryl methyl sites for hydroxylation is 1. The number of aromatic hydroxyl groups is 1. The van der Waals surface area contributed by atoms with Gasteiger partial charge in [0, 0.05) is 26.5 Å². The third-order valence-corrected chi connectivity index (χ3v) is 8.37. The van der Waals surface area contributed by atoms with E-state index in [4.69, 9.17) is 19.9 Å². The molecule has 2 atom stereocenters. The van der Waals surface area contributed by atoms with E-state index in [9.17, 15) is 14.7 Å². The van der Waals surface area contributed by atoms with Crippen molar-refractivity contribution in [2.45, 2.75) is 122 Å². The Kier molecular flexibility index (Phi) is 11.3. The maximum Gasteiger partial charge on any atom is 0.302 e. The molecule has 0 amide bonds. The van der Waals surface area contributed by atoms with Crippen molar-refractivity contribution in [1.29, 1.82) is 0 Å². The smallest absolute Gasteiger partial charge is 0.302 e. The zero-order valence-corrected chi connectivity index (χ0v) is 24.6. The maximum atomic E-state index is 12.1. The average Bonchev–Trinajstić information content (AvgIpc) is 2.93. The van der Waals surface area contributed by atoms with Gasteiger partial charge in [0.2, 0.25) is 0 Å². The molecule has 8 nitrogen and oxygen atoms in total. The molecule has 4 rings (SSSR count). The third kappa shape index (κ3) is 9.65. The van der Waals surface area contributed by atoms with Crippen LogP contribution in [-0.2, 0) is 25.5 Å². The molecule has 0 radical (unpaired) electrons. The van der Waals surface area contributed by atoms with Gasteiger partial charge in [-0.05, 0) is 91.8 Å². The van der Waals surface area contributed by atoms with E-state index in [0.717, 1.165) is 61.6 Å². The van der Waals surface area contributed by atoms with Crippen LogP contribution < -0.4 is 10.5 Å². The SMILES string of the molecule is CC(=O)OC(CCc1cc(OC2CCCCC2)c(O)cc1-c1ccnc(N)c1)CC(CC1CCCCC1)OC(C)=O. The van der Waals surface area contributed by atoms with E-state index in [1.54, 1.807) is 18.3 Å². The molecular weight excluding hydrogens is 520 g/mol. The lowest BCUT2D eigenvalue weighted by Gasteiger charge is -2.29. The molecule has 2 unspecified atom stereocenters. The number of nitrogens with two attached hydrogens (primary N) is 1. The van der Waals surface area contributed by atoms with Crippen LogP contribution in [0.25, 0.3) is 11.1 Å². The number of benzene rings is 1. The second-order valence-electron chi connectivity index (χ2n) is 11.8. The number of hydrogen-bond donors (Lipinski definition) is 2. The van der Waals surface area contributed by atoms with E-state index in [2.05, 4.69) is 4.98 Å². The first-order valence-corrected chi connectivity index (χ1v) is 15.4. The number of ether oxygens (including phenoxy) is 3. The summed E-state index contributed by atoms with van der Waals surface area (Å²) in [4.78, 5) is 28.2. The van der Waals surface area contributed by atoms with Gasteiger partial charge in [-0.1, -0.05) is 38.5 Å². The number of anilines is 1. The first-order valence-electron chi connectivity index (χ1n) is 15.4. The minimum Gasteiger partial charge on any atom is -0.504 e. The zero-order valence-electron chi connectivity index (χ0n) is 24.6. The lowest BCUT2D eigenvalue weighted by atomic mass is 9.84. The largest absolute Gasteiger partial charge is 0.504 e. The number of nitrogens with zero attached hydrogens (tertiary/aromatic N) is 1. The summed E-state index contributed by atoms with van der Waals surface area (Å²) >= 11 is 0. The Morgan fingerprint density at radius 2 is 1.61 bits per heavy atom. The molecule has 41 heavy (non-hydrogen) atoms. The minimum absolute atomic E-state index is 0.0861. The molecule has 0 saturated heterocycles. The van der Waals surface area contributed by atoms with Gasteiger partial charge in [-0.2, -0.15) is 0 Å². The summed E-state index contributed by atoms with van der Waals surface area (Å²) < 4.78 is 17.8. The minimum atomic E-state index is -0.424.